The van der Waals surface area contributed by atoms with E-state index >= 15 is 0 Å². The van der Waals surface area contributed by atoms with E-state index in [0.29, 0.717) is 37.7 Å². The number of nitrogens with one attached hydrogen (secondary N) is 4. The molecule has 0 unspecified atom stereocenters. The van der Waals surface area contributed by atoms with Crippen molar-refractivity contribution in [2.24, 2.45) is 17.8 Å². The molecule has 1 aromatic rings. The van der Waals surface area contributed by atoms with E-state index in [1.54, 1.807) is 21.0 Å². The van der Waals surface area contributed by atoms with Crippen molar-refractivity contribution < 1.29 is 47.8 Å². The van der Waals surface area contributed by atoms with Gasteiger partial charge < -0.3 is 55.2 Å². The average molecular weight is 1070 g/mol. The van der Waals surface area contributed by atoms with Crippen LogP contribution in [-0.2, 0) is 49.5 Å². The summed E-state index contributed by atoms with van der Waals surface area (Å²) in [5.74, 6) is -2.50. The van der Waals surface area contributed by atoms with E-state index < -0.39 is 59.8 Å². The van der Waals surface area contributed by atoms with Gasteiger partial charge in [-0.05, 0) is 62.3 Å². The first-order valence-electron chi connectivity index (χ1n) is 26.9. The number of ether oxygens (including phenoxy) is 2. The molecule has 2 fully saturated rings. The molecular weight excluding hydrogens is 979 g/mol. The number of benzene rings is 1. The highest BCUT2D eigenvalue weighted by Gasteiger charge is 2.44. The first-order chi connectivity index (χ1) is 35.5. The van der Waals surface area contributed by atoms with E-state index in [0.717, 1.165) is 43.4 Å². The number of amides is 9. The molecule has 0 saturated carbocycles. The Morgan fingerprint density at radius 3 is 1.77 bits per heavy atom. The van der Waals surface area contributed by atoms with E-state index in [1.807, 2.05) is 89.7 Å². The molecule has 0 aromatic heterocycles. The summed E-state index contributed by atoms with van der Waals surface area (Å²) in [6.45, 7) is 18.0. The largest absolute Gasteiger partial charge is 0.377 e. The predicted molar refractivity (Wildman–Crippen MR) is 293 cm³/mol. The molecule has 2 aliphatic rings. The lowest BCUT2D eigenvalue weighted by molar-refractivity contribution is -0.157. The highest BCUT2D eigenvalue weighted by molar-refractivity contribution is 8.00. The number of rotatable bonds is 34. The first-order valence-corrected chi connectivity index (χ1v) is 28.0. The first kappa shape index (κ1) is 64.1. The van der Waals surface area contributed by atoms with Gasteiger partial charge in [0.2, 0.25) is 41.4 Å². The Morgan fingerprint density at radius 1 is 0.667 bits per heavy atom. The van der Waals surface area contributed by atoms with Crippen LogP contribution in [0.4, 0.5) is 4.79 Å². The molecule has 4 N–H and O–H groups in total. The fourth-order valence-electron chi connectivity index (χ4n) is 9.86. The van der Waals surface area contributed by atoms with Gasteiger partial charge in [-0.3, -0.25) is 33.6 Å². The molecule has 75 heavy (non-hydrogen) atoms. The monoisotopic (exact) mass is 1070 g/mol. The summed E-state index contributed by atoms with van der Waals surface area (Å²) in [5, 5.41) is 12.0. The molecule has 422 valence electrons. The summed E-state index contributed by atoms with van der Waals surface area (Å²) in [5.41, 5.74) is 0.828. The zero-order valence-electron chi connectivity index (χ0n) is 47.1. The number of likely N-dealkylation sites (N-methyl/N-ethyl adjacent to an activating group) is 5. The van der Waals surface area contributed by atoms with Crippen LogP contribution in [0.25, 0.3) is 0 Å². The SMILES string of the molecule is C=CCCCCCC(=O)N(C)[C@H](C(=O)N(C)[C@H](C(=O)N(C)[C@H](C(=O)N(C)[C@@H](C)C(=O)N(C)[C@@H](Cc1ccccc1)C(=O)NCCOCCOCCNC(=O)CCC[C@@H]1SC[C@@H]2NC(=O)N[C@@H]21)C(C)C)C(C)C)C(C)C. The minimum Gasteiger partial charge on any atom is -0.377 e. The molecule has 0 radical (unpaired) electrons. The summed E-state index contributed by atoms with van der Waals surface area (Å²) in [6, 6.07) is 4.72. The fraction of sp³-hybridized carbons (Fsp3) is 0.709. The average Bonchev–Trinajstić information content (AvgIpc) is 3.93. The number of hydrogen-bond donors (Lipinski definition) is 4. The van der Waals surface area contributed by atoms with Crippen molar-refractivity contribution in [3.63, 3.8) is 0 Å². The third-order valence-corrected chi connectivity index (χ3v) is 15.8. The van der Waals surface area contributed by atoms with E-state index in [2.05, 4.69) is 27.8 Å². The van der Waals surface area contributed by atoms with Gasteiger partial charge in [-0.25, -0.2) is 4.79 Å². The van der Waals surface area contributed by atoms with Crippen LogP contribution in [0.5, 0.6) is 0 Å². The third kappa shape index (κ3) is 19.4. The highest BCUT2D eigenvalue weighted by Crippen LogP contribution is 2.33. The zero-order valence-corrected chi connectivity index (χ0v) is 47.9. The number of nitrogens with zero attached hydrogens (tertiary/aromatic N) is 5. The van der Waals surface area contributed by atoms with Crippen molar-refractivity contribution in [2.75, 3.05) is 80.5 Å². The molecule has 2 saturated heterocycles. The third-order valence-electron chi connectivity index (χ3n) is 14.3. The number of urea groups is 1. The molecule has 2 heterocycles. The maximum Gasteiger partial charge on any atom is 0.315 e. The minimum absolute atomic E-state index is 0.0459. The van der Waals surface area contributed by atoms with Crippen molar-refractivity contribution in [1.29, 1.82) is 0 Å². The Morgan fingerprint density at radius 2 is 1.21 bits per heavy atom. The molecular formula is C55H91N9O10S. The second-order valence-corrected chi connectivity index (χ2v) is 22.3. The quantitative estimate of drug-likeness (QED) is 0.0438. The molecule has 9 amide bonds. The summed E-state index contributed by atoms with van der Waals surface area (Å²) in [7, 11) is 7.79. The van der Waals surface area contributed by atoms with Crippen LogP contribution < -0.4 is 21.3 Å². The number of unbranched alkanes of at least 4 members (excludes halogenated alkanes) is 3. The summed E-state index contributed by atoms with van der Waals surface area (Å²) in [4.78, 5) is 116. The predicted octanol–water partition coefficient (Wildman–Crippen LogP) is 4.09. The lowest BCUT2D eigenvalue weighted by atomic mass is 9.94. The Hall–Kier alpha value is -5.21. The standard InChI is InChI=1S/C55H91N9O10S/c1-14-15-16-17-21-27-45(66)62(11)47(36(2)3)53(70)64(13)49(38(6)7)54(71)63(12)48(37(4)5)52(69)60(9)39(8)51(68)61(10)42(34-40-23-19-18-20-24-40)50(67)57-29-31-74-33-32-73-30-28-56-44(65)26-22-25-43-46-41(35-75-43)58-55(72)59-46/h14,18-20,23-24,36-39,41-43,46-49H,1,15-17,21-22,25-35H2,2-13H3,(H,56,65)(H,57,67)(H2,58,59,72)/t39-,41-,42-,43-,46-,47-,48-,49-/m0/s1. The molecule has 1 aromatic carbocycles. The smallest absolute Gasteiger partial charge is 0.315 e. The number of carbonyl (C=O) groups excluding carboxylic acids is 8. The van der Waals surface area contributed by atoms with Crippen molar-refractivity contribution in [3.8, 4) is 0 Å². The van der Waals surface area contributed by atoms with Crippen molar-refractivity contribution >= 4 is 59.1 Å². The van der Waals surface area contributed by atoms with Gasteiger partial charge in [0.15, 0.2) is 0 Å². The number of hydrogen-bond acceptors (Lipinski definition) is 11. The molecule has 0 aliphatic carbocycles. The Bertz CT molecular complexity index is 2030. The lowest BCUT2D eigenvalue weighted by Gasteiger charge is -2.41. The van der Waals surface area contributed by atoms with E-state index in [1.165, 1.54) is 45.6 Å². The van der Waals surface area contributed by atoms with Crippen LogP contribution in [0, 0.1) is 17.8 Å². The Kier molecular flexibility index (Phi) is 27.7. The van der Waals surface area contributed by atoms with E-state index in [9.17, 15) is 38.4 Å². The van der Waals surface area contributed by atoms with E-state index in [-0.39, 0.29) is 80.5 Å². The summed E-state index contributed by atoms with van der Waals surface area (Å²) in [6.07, 6.45) is 7.74. The molecule has 8 atom stereocenters. The Labute approximate surface area is 451 Å². The fourth-order valence-corrected chi connectivity index (χ4v) is 11.4. The summed E-state index contributed by atoms with van der Waals surface area (Å²) < 4.78 is 11.3. The van der Waals surface area contributed by atoms with Crippen LogP contribution in [0.1, 0.15) is 105 Å². The second-order valence-electron chi connectivity index (χ2n) is 21.0. The topological polar surface area (TPSA) is 219 Å². The summed E-state index contributed by atoms with van der Waals surface area (Å²) >= 11 is 1.83. The van der Waals surface area contributed by atoms with Gasteiger partial charge in [-0.1, -0.05) is 84.4 Å². The van der Waals surface area contributed by atoms with Crippen molar-refractivity contribution in [3.05, 3.63) is 48.6 Å². The van der Waals surface area contributed by atoms with Gasteiger partial charge >= 0.3 is 6.03 Å². The molecule has 20 heteroatoms. The van der Waals surface area contributed by atoms with Crippen LogP contribution in [0.3, 0.4) is 0 Å². The lowest BCUT2D eigenvalue weighted by Crippen LogP contribution is -2.61. The van der Waals surface area contributed by atoms with Gasteiger partial charge in [0, 0.05) is 78.6 Å². The maximum atomic E-state index is 14.6. The number of carbonyl (C=O) groups is 8. The molecule has 19 nitrogen and oxygen atoms in total. The van der Waals surface area contributed by atoms with Crippen LogP contribution in [0.15, 0.2) is 43.0 Å². The van der Waals surface area contributed by atoms with E-state index in [4.69, 9.17) is 9.47 Å². The van der Waals surface area contributed by atoms with Gasteiger partial charge in [0.25, 0.3) is 0 Å². The molecule has 3 rings (SSSR count). The number of thioether (sulfide) groups is 1. The molecule has 0 bridgehead atoms. The molecule has 0 spiro atoms. The van der Waals surface area contributed by atoms with Crippen molar-refractivity contribution in [1.82, 2.24) is 45.8 Å². The van der Waals surface area contributed by atoms with Gasteiger partial charge in [-0.15, -0.1) is 6.58 Å². The Balaban J connectivity index is 1.55. The van der Waals surface area contributed by atoms with Gasteiger partial charge in [0.05, 0.1) is 38.5 Å². The van der Waals surface area contributed by atoms with Crippen LogP contribution >= 0.6 is 11.8 Å². The molecule has 2 aliphatic heterocycles. The zero-order chi connectivity index (χ0) is 55.9. The van der Waals surface area contributed by atoms with Gasteiger partial charge in [-0.2, -0.15) is 11.8 Å². The number of allylic oxidation sites excluding steroid dienone is 1. The highest BCUT2D eigenvalue weighted by atomic mass is 32.2. The van der Waals surface area contributed by atoms with Crippen LogP contribution in [0.2, 0.25) is 0 Å². The second kappa shape index (κ2) is 32.4. The van der Waals surface area contributed by atoms with Gasteiger partial charge in [0.1, 0.15) is 30.2 Å². The van der Waals surface area contributed by atoms with Crippen molar-refractivity contribution in [2.45, 2.75) is 154 Å². The number of fused-ring (bicyclic) bond motifs is 1. The normalized spacial score (nSPS) is 18.0. The minimum atomic E-state index is -1.03. The van der Waals surface area contributed by atoms with Crippen LogP contribution in [-0.4, -0.2) is 200 Å². The maximum absolute atomic E-state index is 14.6.